The van der Waals surface area contributed by atoms with E-state index in [4.69, 9.17) is 35.4 Å². The average Bonchev–Trinajstić information content (AvgIpc) is 3.04. The van der Waals surface area contributed by atoms with Gasteiger partial charge in [-0.25, -0.2) is 8.78 Å². The van der Waals surface area contributed by atoms with Gasteiger partial charge in [0.2, 0.25) is 5.91 Å². The molecule has 0 bridgehead atoms. The van der Waals surface area contributed by atoms with E-state index in [-0.39, 0.29) is 11.5 Å². The quantitative estimate of drug-likeness (QED) is 0.387. The van der Waals surface area contributed by atoms with Crippen molar-refractivity contribution in [2.75, 3.05) is 16.8 Å². The maximum Gasteiger partial charge on any atom is 0.256 e. The van der Waals surface area contributed by atoms with E-state index in [0.29, 0.717) is 34.4 Å². The van der Waals surface area contributed by atoms with Gasteiger partial charge < -0.3 is 10.2 Å². The summed E-state index contributed by atoms with van der Waals surface area (Å²) in [5.74, 6) is -1.72. The highest BCUT2D eigenvalue weighted by molar-refractivity contribution is 7.80. The van der Waals surface area contributed by atoms with Crippen molar-refractivity contribution < 1.29 is 18.4 Å². The molecule has 1 aliphatic heterocycles. The van der Waals surface area contributed by atoms with Gasteiger partial charge in [0, 0.05) is 22.3 Å². The molecule has 1 saturated heterocycles. The Morgan fingerprint density at radius 2 is 1.60 bits per heavy atom. The average molecular weight is 534 g/mol. The van der Waals surface area contributed by atoms with Crippen LogP contribution in [0.1, 0.15) is 12.0 Å². The fourth-order valence-electron chi connectivity index (χ4n) is 3.80. The minimum Gasteiger partial charge on any atom is -0.336 e. The molecule has 0 saturated carbocycles. The van der Waals surface area contributed by atoms with Gasteiger partial charge in [0.1, 0.15) is 17.7 Å². The largest absolute Gasteiger partial charge is 0.336 e. The van der Waals surface area contributed by atoms with Crippen LogP contribution >= 0.6 is 35.4 Å². The molecule has 4 rings (SSSR count). The van der Waals surface area contributed by atoms with Crippen LogP contribution < -0.4 is 10.2 Å². The molecule has 10 heteroatoms. The Hall–Kier alpha value is -3.07. The highest BCUT2D eigenvalue weighted by atomic mass is 35.5. The molecule has 3 aromatic rings. The van der Waals surface area contributed by atoms with Gasteiger partial charge in [-0.3, -0.25) is 14.5 Å². The molecule has 1 N–H and O–H groups in total. The zero-order valence-corrected chi connectivity index (χ0v) is 20.5. The third kappa shape index (κ3) is 5.78. The second-order valence-electron chi connectivity index (χ2n) is 7.89. The third-order valence-electron chi connectivity index (χ3n) is 5.55. The number of benzene rings is 3. The fourth-order valence-corrected chi connectivity index (χ4v) is 4.72. The summed E-state index contributed by atoms with van der Waals surface area (Å²) < 4.78 is 26.6. The van der Waals surface area contributed by atoms with E-state index < -0.39 is 29.5 Å². The van der Waals surface area contributed by atoms with Crippen molar-refractivity contribution >= 4 is 63.7 Å². The number of carbonyl (C=O) groups is 2. The van der Waals surface area contributed by atoms with E-state index in [1.165, 1.54) is 53.4 Å². The Morgan fingerprint density at radius 1 is 0.971 bits per heavy atom. The molecule has 0 aliphatic carbocycles. The number of halogens is 4. The lowest BCUT2D eigenvalue weighted by molar-refractivity contribution is -0.124. The second-order valence-corrected chi connectivity index (χ2v) is 9.10. The van der Waals surface area contributed by atoms with E-state index in [1.807, 2.05) is 0 Å². The van der Waals surface area contributed by atoms with Crippen LogP contribution in [0.5, 0.6) is 0 Å². The number of thiocarbonyl (C=S) groups is 1. The minimum atomic E-state index is -0.890. The first kappa shape index (κ1) is 25.0. The standard InChI is InChI=1S/C25H19Cl2F2N3O2S/c26-16-2-1-15(21(27)13-16)11-12-31-22(14-23(33)30-19-7-3-17(28)4-8-19)24(34)32(25(31)35)20-9-5-18(29)6-10-20/h1-10,13,22H,11-12,14H2,(H,30,33)/t22-/m1/s1. The first-order chi connectivity index (χ1) is 16.7. The lowest BCUT2D eigenvalue weighted by Crippen LogP contribution is -2.39. The van der Waals surface area contributed by atoms with Crippen LogP contribution in [0.4, 0.5) is 20.2 Å². The summed E-state index contributed by atoms with van der Waals surface area (Å²) in [7, 11) is 0. The van der Waals surface area contributed by atoms with Crippen molar-refractivity contribution in [3.05, 3.63) is 94.0 Å². The Balaban J connectivity index is 1.57. The van der Waals surface area contributed by atoms with Crippen molar-refractivity contribution in [2.24, 2.45) is 0 Å². The Labute approximate surface area is 216 Å². The van der Waals surface area contributed by atoms with Crippen molar-refractivity contribution in [3.63, 3.8) is 0 Å². The Morgan fingerprint density at radius 3 is 2.23 bits per heavy atom. The van der Waals surface area contributed by atoms with Gasteiger partial charge in [-0.2, -0.15) is 0 Å². The number of amides is 2. The van der Waals surface area contributed by atoms with Gasteiger partial charge in [0.15, 0.2) is 5.11 Å². The number of hydrogen-bond donors (Lipinski definition) is 1. The smallest absolute Gasteiger partial charge is 0.256 e. The predicted molar refractivity (Wildman–Crippen MR) is 137 cm³/mol. The summed E-state index contributed by atoms with van der Waals surface area (Å²) in [6, 6.07) is 14.9. The number of hydrogen-bond acceptors (Lipinski definition) is 3. The highest BCUT2D eigenvalue weighted by Gasteiger charge is 2.44. The predicted octanol–water partition coefficient (Wildman–Crippen LogP) is 5.85. The van der Waals surface area contributed by atoms with Crippen molar-refractivity contribution in [3.8, 4) is 0 Å². The van der Waals surface area contributed by atoms with Gasteiger partial charge in [-0.1, -0.05) is 29.3 Å². The zero-order valence-electron chi connectivity index (χ0n) is 18.2. The molecule has 1 fully saturated rings. The summed E-state index contributed by atoms with van der Waals surface area (Å²) in [6.07, 6.45) is 0.249. The number of carbonyl (C=O) groups excluding carboxylic acids is 2. The Bertz CT molecular complexity index is 1270. The maximum atomic E-state index is 13.5. The topological polar surface area (TPSA) is 52.7 Å². The summed E-state index contributed by atoms with van der Waals surface area (Å²) in [4.78, 5) is 29.1. The van der Waals surface area contributed by atoms with Crippen molar-refractivity contribution in [1.29, 1.82) is 0 Å². The normalized spacial score (nSPS) is 15.6. The summed E-state index contributed by atoms with van der Waals surface area (Å²) in [5.41, 5.74) is 1.61. The molecule has 2 amide bonds. The van der Waals surface area contributed by atoms with Crippen LogP contribution in [0.15, 0.2) is 66.7 Å². The van der Waals surface area contributed by atoms with Crippen LogP contribution in [0, 0.1) is 11.6 Å². The fraction of sp³-hybridized carbons (Fsp3) is 0.160. The number of nitrogens with zero attached hydrogens (tertiary/aromatic N) is 2. The number of nitrogens with one attached hydrogen (secondary N) is 1. The molecule has 1 aliphatic rings. The molecule has 0 unspecified atom stereocenters. The van der Waals surface area contributed by atoms with Gasteiger partial charge in [0.05, 0.1) is 12.1 Å². The van der Waals surface area contributed by atoms with E-state index in [0.717, 1.165) is 5.56 Å². The summed E-state index contributed by atoms with van der Waals surface area (Å²) in [6.45, 7) is 0.304. The van der Waals surface area contributed by atoms with Gasteiger partial charge in [-0.05, 0) is 84.9 Å². The van der Waals surface area contributed by atoms with E-state index in [9.17, 15) is 18.4 Å². The minimum absolute atomic E-state index is 0.192. The molecule has 1 heterocycles. The van der Waals surface area contributed by atoms with Gasteiger partial charge >= 0.3 is 0 Å². The summed E-state index contributed by atoms with van der Waals surface area (Å²) in [5, 5.41) is 3.86. The molecule has 180 valence electrons. The second kappa shape index (κ2) is 10.7. The Kier molecular flexibility index (Phi) is 7.64. The molecule has 35 heavy (non-hydrogen) atoms. The molecule has 0 radical (unpaired) electrons. The molecule has 3 aromatic carbocycles. The maximum absolute atomic E-state index is 13.5. The first-order valence-corrected chi connectivity index (χ1v) is 11.8. The molecule has 5 nitrogen and oxygen atoms in total. The monoisotopic (exact) mass is 533 g/mol. The van der Waals surface area contributed by atoms with Crippen molar-refractivity contribution in [2.45, 2.75) is 18.9 Å². The lowest BCUT2D eigenvalue weighted by atomic mass is 10.1. The van der Waals surface area contributed by atoms with Gasteiger partial charge in [0.25, 0.3) is 5.91 Å². The van der Waals surface area contributed by atoms with Crippen LogP contribution in [0.2, 0.25) is 10.0 Å². The molecular formula is C25H19Cl2F2N3O2S. The van der Waals surface area contributed by atoms with E-state index in [2.05, 4.69) is 5.32 Å². The van der Waals surface area contributed by atoms with Gasteiger partial charge in [-0.15, -0.1) is 0 Å². The zero-order chi connectivity index (χ0) is 25.1. The van der Waals surface area contributed by atoms with E-state index >= 15 is 0 Å². The SMILES string of the molecule is O=C(C[C@@H]1C(=O)N(c2ccc(F)cc2)C(=S)N1CCc1ccc(Cl)cc1Cl)Nc1ccc(F)cc1. The van der Waals surface area contributed by atoms with Crippen molar-refractivity contribution in [1.82, 2.24) is 4.90 Å². The molecular weight excluding hydrogens is 515 g/mol. The number of anilines is 2. The van der Waals surface area contributed by atoms with Crippen LogP contribution in [-0.2, 0) is 16.0 Å². The highest BCUT2D eigenvalue weighted by Crippen LogP contribution is 2.29. The lowest BCUT2D eigenvalue weighted by Gasteiger charge is -2.24. The van der Waals surface area contributed by atoms with Crippen LogP contribution in [0.3, 0.4) is 0 Å². The van der Waals surface area contributed by atoms with Crippen LogP contribution in [0.25, 0.3) is 0 Å². The number of rotatable bonds is 7. The first-order valence-electron chi connectivity index (χ1n) is 10.6. The van der Waals surface area contributed by atoms with Crippen LogP contribution in [-0.4, -0.2) is 34.4 Å². The summed E-state index contributed by atoms with van der Waals surface area (Å²) >= 11 is 17.9. The molecule has 0 aromatic heterocycles. The molecule has 1 atom stereocenters. The molecule has 0 spiro atoms. The van der Waals surface area contributed by atoms with E-state index in [1.54, 1.807) is 23.1 Å². The third-order valence-corrected chi connectivity index (χ3v) is 6.55.